The summed E-state index contributed by atoms with van der Waals surface area (Å²) in [6, 6.07) is 2.06. The first-order valence-corrected chi connectivity index (χ1v) is 6.02. The Balaban J connectivity index is 2.46. The molecule has 3 nitrogen and oxygen atoms in total. The third-order valence-corrected chi connectivity index (χ3v) is 2.71. The molecular weight excluding hydrogens is 202 g/mol. The SMILES string of the molecule is OCCCCc1ccncc1CCCCO. The third-order valence-electron chi connectivity index (χ3n) is 2.71. The molecule has 1 rings (SSSR count). The molecule has 1 heterocycles. The molecule has 2 N–H and O–H groups in total. The van der Waals surface area contributed by atoms with Crippen molar-refractivity contribution in [3.8, 4) is 0 Å². The van der Waals surface area contributed by atoms with Gasteiger partial charge in [0, 0.05) is 25.6 Å². The van der Waals surface area contributed by atoms with E-state index >= 15 is 0 Å². The van der Waals surface area contributed by atoms with Gasteiger partial charge >= 0.3 is 0 Å². The number of hydrogen-bond donors (Lipinski definition) is 2. The van der Waals surface area contributed by atoms with Crippen molar-refractivity contribution >= 4 is 0 Å². The summed E-state index contributed by atoms with van der Waals surface area (Å²) >= 11 is 0. The molecule has 0 atom stereocenters. The zero-order valence-corrected chi connectivity index (χ0v) is 9.73. The van der Waals surface area contributed by atoms with Crippen molar-refractivity contribution in [2.45, 2.75) is 38.5 Å². The van der Waals surface area contributed by atoms with Crippen LogP contribution in [0, 0.1) is 0 Å². The molecule has 3 heteroatoms. The molecule has 0 unspecified atom stereocenters. The molecule has 0 aromatic carbocycles. The number of pyridine rings is 1. The van der Waals surface area contributed by atoms with Gasteiger partial charge in [-0.25, -0.2) is 0 Å². The van der Waals surface area contributed by atoms with E-state index in [4.69, 9.17) is 10.2 Å². The fourth-order valence-corrected chi connectivity index (χ4v) is 1.78. The van der Waals surface area contributed by atoms with Gasteiger partial charge in [-0.1, -0.05) is 0 Å². The smallest absolute Gasteiger partial charge is 0.0431 e. The van der Waals surface area contributed by atoms with Crippen molar-refractivity contribution < 1.29 is 10.2 Å². The van der Waals surface area contributed by atoms with Gasteiger partial charge < -0.3 is 10.2 Å². The Hall–Kier alpha value is -0.930. The van der Waals surface area contributed by atoms with E-state index in [0.29, 0.717) is 0 Å². The normalized spacial score (nSPS) is 10.6. The lowest BCUT2D eigenvalue weighted by molar-refractivity contribution is 0.283. The summed E-state index contributed by atoms with van der Waals surface area (Å²) in [6.07, 6.45) is 9.49. The Labute approximate surface area is 97.2 Å². The largest absolute Gasteiger partial charge is 0.396 e. The lowest BCUT2D eigenvalue weighted by Gasteiger charge is -2.08. The van der Waals surface area contributed by atoms with E-state index in [1.807, 2.05) is 12.4 Å². The van der Waals surface area contributed by atoms with Crippen molar-refractivity contribution in [3.05, 3.63) is 29.6 Å². The van der Waals surface area contributed by atoms with Crippen LogP contribution in [-0.2, 0) is 12.8 Å². The van der Waals surface area contributed by atoms with Crippen molar-refractivity contribution in [1.82, 2.24) is 4.98 Å². The highest BCUT2D eigenvalue weighted by Crippen LogP contribution is 2.13. The number of rotatable bonds is 8. The van der Waals surface area contributed by atoms with Crippen LogP contribution in [0.2, 0.25) is 0 Å². The molecule has 0 fully saturated rings. The molecule has 90 valence electrons. The minimum atomic E-state index is 0.264. The number of aryl methyl sites for hydroxylation is 2. The van der Waals surface area contributed by atoms with E-state index < -0.39 is 0 Å². The van der Waals surface area contributed by atoms with Crippen LogP contribution in [0.25, 0.3) is 0 Å². The zero-order valence-electron chi connectivity index (χ0n) is 9.73. The Morgan fingerprint density at radius 1 is 0.875 bits per heavy atom. The van der Waals surface area contributed by atoms with Gasteiger partial charge in [-0.15, -0.1) is 0 Å². The number of hydrogen-bond acceptors (Lipinski definition) is 3. The van der Waals surface area contributed by atoms with Crippen LogP contribution in [0.4, 0.5) is 0 Å². The van der Waals surface area contributed by atoms with Gasteiger partial charge in [0.25, 0.3) is 0 Å². The lowest BCUT2D eigenvalue weighted by atomic mass is 10.0. The molecule has 0 radical (unpaired) electrons. The molecule has 0 bridgehead atoms. The Kier molecular flexibility index (Phi) is 6.77. The number of aromatic nitrogens is 1. The maximum absolute atomic E-state index is 8.75. The molecule has 0 aliphatic carbocycles. The number of aliphatic hydroxyl groups excluding tert-OH is 2. The first kappa shape index (κ1) is 13.1. The molecule has 16 heavy (non-hydrogen) atoms. The van der Waals surface area contributed by atoms with Gasteiger partial charge in [-0.3, -0.25) is 4.98 Å². The Bertz CT molecular complexity index is 260. The number of nitrogens with zero attached hydrogens (tertiary/aromatic N) is 1. The highest BCUT2D eigenvalue weighted by Gasteiger charge is 2.02. The Morgan fingerprint density at radius 2 is 1.50 bits per heavy atom. The monoisotopic (exact) mass is 223 g/mol. The van der Waals surface area contributed by atoms with Crippen molar-refractivity contribution in [2.75, 3.05) is 13.2 Å². The fraction of sp³-hybridized carbons (Fsp3) is 0.615. The second-order valence-electron chi connectivity index (χ2n) is 4.01. The van der Waals surface area contributed by atoms with E-state index in [-0.39, 0.29) is 13.2 Å². The van der Waals surface area contributed by atoms with Crippen LogP contribution in [0.5, 0.6) is 0 Å². The van der Waals surface area contributed by atoms with Gasteiger partial charge in [0.1, 0.15) is 0 Å². The molecule has 0 spiro atoms. The Morgan fingerprint density at radius 3 is 2.12 bits per heavy atom. The predicted molar refractivity (Wildman–Crippen MR) is 64.3 cm³/mol. The molecular formula is C13H21NO2. The predicted octanol–water partition coefficient (Wildman–Crippen LogP) is 1.71. The second-order valence-corrected chi connectivity index (χ2v) is 4.01. The zero-order chi connectivity index (χ0) is 11.6. The molecule has 1 aromatic rings. The summed E-state index contributed by atoms with van der Waals surface area (Å²) in [4.78, 5) is 4.14. The van der Waals surface area contributed by atoms with Crippen LogP contribution < -0.4 is 0 Å². The van der Waals surface area contributed by atoms with E-state index in [0.717, 1.165) is 38.5 Å². The van der Waals surface area contributed by atoms with Crippen LogP contribution in [-0.4, -0.2) is 28.4 Å². The second kappa shape index (κ2) is 8.25. The quantitative estimate of drug-likeness (QED) is 0.660. The topological polar surface area (TPSA) is 53.4 Å². The van der Waals surface area contributed by atoms with Crippen LogP contribution in [0.15, 0.2) is 18.5 Å². The van der Waals surface area contributed by atoms with Crippen LogP contribution >= 0.6 is 0 Å². The van der Waals surface area contributed by atoms with E-state index in [9.17, 15) is 0 Å². The maximum Gasteiger partial charge on any atom is 0.0431 e. The fourth-order valence-electron chi connectivity index (χ4n) is 1.78. The summed E-state index contributed by atoms with van der Waals surface area (Å²) in [6.45, 7) is 0.533. The number of unbranched alkanes of at least 4 members (excludes halogenated alkanes) is 2. The first-order valence-electron chi connectivity index (χ1n) is 6.02. The summed E-state index contributed by atoms with van der Waals surface area (Å²) in [5.74, 6) is 0. The van der Waals surface area contributed by atoms with Gasteiger partial charge in [-0.2, -0.15) is 0 Å². The van der Waals surface area contributed by atoms with Crippen LogP contribution in [0.3, 0.4) is 0 Å². The molecule has 0 aliphatic heterocycles. The third kappa shape index (κ3) is 4.73. The van der Waals surface area contributed by atoms with E-state index in [1.165, 1.54) is 11.1 Å². The molecule has 0 aliphatic rings. The van der Waals surface area contributed by atoms with Crippen molar-refractivity contribution in [2.24, 2.45) is 0 Å². The molecule has 0 saturated carbocycles. The average molecular weight is 223 g/mol. The van der Waals surface area contributed by atoms with E-state index in [2.05, 4.69) is 11.1 Å². The van der Waals surface area contributed by atoms with Crippen LogP contribution in [0.1, 0.15) is 36.8 Å². The highest BCUT2D eigenvalue weighted by atomic mass is 16.3. The molecule has 1 aromatic heterocycles. The average Bonchev–Trinajstić information content (AvgIpc) is 2.32. The lowest BCUT2D eigenvalue weighted by Crippen LogP contribution is -1.97. The maximum atomic E-state index is 8.75. The van der Waals surface area contributed by atoms with E-state index in [1.54, 1.807) is 0 Å². The summed E-state index contributed by atoms with van der Waals surface area (Å²) in [5.41, 5.74) is 2.62. The van der Waals surface area contributed by atoms with Crippen molar-refractivity contribution in [3.63, 3.8) is 0 Å². The summed E-state index contributed by atoms with van der Waals surface area (Å²) in [7, 11) is 0. The van der Waals surface area contributed by atoms with Gasteiger partial charge in [0.05, 0.1) is 0 Å². The summed E-state index contributed by atoms with van der Waals surface area (Å²) < 4.78 is 0. The minimum Gasteiger partial charge on any atom is -0.396 e. The van der Waals surface area contributed by atoms with Crippen molar-refractivity contribution in [1.29, 1.82) is 0 Å². The van der Waals surface area contributed by atoms with Gasteiger partial charge in [0.2, 0.25) is 0 Å². The van der Waals surface area contributed by atoms with Gasteiger partial charge in [-0.05, 0) is 55.7 Å². The number of aliphatic hydroxyl groups is 2. The first-order chi connectivity index (χ1) is 7.88. The highest BCUT2D eigenvalue weighted by molar-refractivity contribution is 5.23. The molecule has 0 saturated heterocycles. The standard InChI is InChI=1S/C13H21NO2/c15-9-3-1-5-12-7-8-14-11-13(12)6-2-4-10-16/h7-8,11,15-16H,1-6,9-10H2. The minimum absolute atomic E-state index is 0.264. The van der Waals surface area contributed by atoms with Gasteiger partial charge in [0.15, 0.2) is 0 Å². The summed E-state index contributed by atoms with van der Waals surface area (Å²) in [5, 5.41) is 17.5. The molecule has 0 amide bonds.